The average molecular weight is 355 g/mol. The minimum atomic E-state index is -4.40. The molecule has 1 aromatic rings. The second kappa shape index (κ2) is 6.67. The van der Waals surface area contributed by atoms with Crippen molar-refractivity contribution in [3.05, 3.63) is 34.3 Å². The van der Waals surface area contributed by atoms with Gasteiger partial charge in [-0.3, -0.25) is 0 Å². The minimum Gasteiger partial charge on any atom is -0.393 e. The molecule has 0 saturated carbocycles. The standard InChI is InChI=1S/C12H14BrF3N2S/c1-18(6-8-2-4-9(13)5-3-8)7-10(11(17)19)12(14,15)16/h2-5,10H,6-7H2,1H3,(H2,17,19). The maximum Gasteiger partial charge on any atom is 0.399 e. The van der Waals surface area contributed by atoms with E-state index in [9.17, 15) is 13.2 Å². The first-order valence-corrected chi connectivity index (χ1v) is 6.69. The van der Waals surface area contributed by atoms with Crippen molar-refractivity contribution in [2.75, 3.05) is 13.6 Å². The van der Waals surface area contributed by atoms with E-state index in [1.54, 1.807) is 11.9 Å². The third kappa shape index (κ3) is 5.46. The molecule has 1 atom stereocenters. The van der Waals surface area contributed by atoms with E-state index in [0.717, 1.165) is 10.0 Å². The first-order valence-electron chi connectivity index (χ1n) is 5.49. The van der Waals surface area contributed by atoms with Gasteiger partial charge in [0.2, 0.25) is 0 Å². The highest BCUT2D eigenvalue weighted by atomic mass is 79.9. The predicted molar refractivity (Wildman–Crippen MR) is 76.8 cm³/mol. The Labute approximate surface area is 123 Å². The van der Waals surface area contributed by atoms with Crippen LogP contribution in [0.5, 0.6) is 0 Å². The Balaban J connectivity index is 2.65. The third-order valence-corrected chi connectivity index (χ3v) is 3.41. The van der Waals surface area contributed by atoms with E-state index in [0.29, 0.717) is 6.54 Å². The molecule has 0 saturated heterocycles. The Morgan fingerprint density at radius 1 is 1.37 bits per heavy atom. The first-order chi connectivity index (χ1) is 8.70. The van der Waals surface area contributed by atoms with Gasteiger partial charge in [-0.05, 0) is 24.7 Å². The SMILES string of the molecule is CN(Cc1ccc(Br)cc1)CC(C(N)=S)C(F)(F)F. The van der Waals surface area contributed by atoms with Gasteiger partial charge < -0.3 is 10.6 Å². The van der Waals surface area contributed by atoms with Gasteiger partial charge in [-0.1, -0.05) is 40.3 Å². The van der Waals surface area contributed by atoms with E-state index in [2.05, 4.69) is 28.1 Å². The van der Waals surface area contributed by atoms with Crippen LogP contribution in [-0.2, 0) is 6.54 Å². The molecular formula is C12H14BrF3N2S. The van der Waals surface area contributed by atoms with Gasteiger partial charge in [-0.2, -0.15) is 13.2 Å². The van der Waals surface area contributed by atoms with Gasteiger partial charge in [-0.15, -0.1) is 0 Å². The van der Waals surface area contributed by atoms with Crippen LogP contribution in [0.4, 0.5) is 13.2 Å². The van der Waals surface area contributed by atoms with Crippen LogP contribution in [0.2, 0.25) is 0 Å². The average Bonchev–Trinajstić information content (AvgIpc) is 2.27. The van der Waals surface area contributed by atoms with Crippen LogP contribution in [0.15, 0.2) is 28.7 Å². The molecule has 106 valence electrons. The number of alkyl halides is 3. The van der Waals surface area contributed by atoms with Gasteiger partial charge in [0.15, 0.2) is 0 Å². The van der Waals surface area contributed by atoms with Gasteiger partial charge in [0, 0.05) is 17.6 Å². The highest BCUT2D eigenvalue weighted by Gasteiger charge is 2.42. The lowest BCUT2D eigenvalue weighted by Gasteiger charge is -2.25. The Kier molecular flexibility index (Phi) is 5.76. The largest absolute Gasteiger partial charge is 0.399 e. The number of nitrogens with zero attached hydrogens (tertiary/aromatic N) is 1. The molecular weight excluding hydrogens is 341 g/mol. The Morgan fingerprint density at radius 2 is 1.89 bits per heavy atom. The number of nitrogens with two attached hydrogens (primary N) is 1. The van der Waals surface area contributed by atoms with Gasteiger partial charge in [0.25, 0.3) is 0 Å². The van der Waals surface area contributed by atoms with Gasteiger partial charge in [0.1, 0.15) is 5.92 Å². The molecule has 0 aliphatic rings. The zero-order valence-corrected chi connectivity index (χ0v) is 12.6. The molecule has 0 spiro atoms. The van der Waals surface area contributed by atoms with Crippen LogP contribution >= 0.6 is 28.1 Å². The number of halogens is 4. The zero-order chi connectivity index (χ0) is 14.6. The molecule has 19 heavy (non-hydrogen) atoms. The van der Waals surface area contributed by atoms with E-state index < -0.39 is 17.1 Å². The number of thiocarbonyl (C=S) groups is 1. The van der Waals surface area contributed by atoms with Crippen LogP contribution in [0.3, 0.4) is 0 Å². The van der Waals surface area contributed by atoms with Crippen molar-refractivity contribution in [3.63, 3.8) is 0 Å². The zero-order valence-electron chi connectivity index (χ0n) is 10.2. The maximum absolute atomic E-state index is 12.7. The van der Waals surface area contributed by atoms with Crippen molar-refractivity contribution in [2.24, 2.45) is 11.7 Å². The number of hydrogen-bond acceptors (Lipinski definition) is 2. The molecule has 7 heteroatoms. The molecule has 0 bridgehead atoms. The molecule has 0 aliphatic heterocycles. The van der Waals surface area contributed by atoms with E-state index in [1.165, 1.54) is 0 Å². The molecule has 0 amide bonds. The molecule has 0 heterocycles. The normalized spacial score (nSPS) is 13.6. The fraction of sp³-hybridized carbons (Fsp3) is 0.417. The summed E-state index contributed by atoms with van der Waals surface area (Å²) in [5, 5.41) is 0. The number of rotatable bonds is 5. The van der Waals surface area contributed by atoms with Crippen LogP contribution in [0.25, 0.3) is 0 Å². The van der Waals surface area contributed by atoms with Crippen LogP contribution in [0.1, 0.15) is 5.56 Å². The van der Waals surface area contributed by atoms with Crippen molar-refractivity contribution < 1.29 is 13.2 Å². The third-order valence-electron chi connectivity index (χ3n) is 2.60. The highest BCUT2D eigenvalue weighted by molar-refractivity contribution is 9.10. The van der Waals surface area contributed by atoms with Crippen LogP contribution in [-0.4, -0.2) is 29.7 Å². The van der Waals surface area contributed by atoms with E-state index in [4.69, 9.17) is 5.73 Å². The Bertz CT molecular complexity index is 434. The van der Waals surface area contributed by atoms with Gasteiger partial charge in [-0.25, -0.2) is 0 Å². The lowest BCUT2D eigenvalue weighted by atomic mass is 10.1. The molecule has 2 N–H and O–H groups in total. The summed E-state index contributed by atoms with van der Waals surface area (Å²) < 4.78 is 39.1. The number of benzene rings is 1. The summed E-state index contributed by atoms with van der Waals surface area (Å²) >= 11 is 7.79. The monoisotopic (exact) mass is 354 g/mol. The summed E-state index contributed by atoms with van der Waals surface area (Å²) in [7, 11) is 1.61. The fourth-order valence-corrected chi connectivity index (χ4v) is 2.11. The smallest absolute Gasteiger partial charge is 0.393 e. The first kappa shape index (κ1) is 16.4. The van der Waals surface area contributed by atoms with Crippen LogP contribution in [0, 0.1) is 5.92 Å². The molecule has 1 aromatic carbocycles. The molecule has 0 aliphatic carbocycles. The van der Waals surface area contributed by atoms with Crippen molar-refractivity contribution in [2.45, 2.75) is 12.7 Å². The summed E-state index contributed by atoms with van der Waals surface area (Å²) in [6, 6.07) is 7.39. The lowest BCUT2D eigenvalue weighted by Crippen LogP contribution is -2.42. The highest BCUT2D eigenvalue weighted by Crippen LogP contribution is 2.27. The Hall–Kier alpha value is -0.660. The summed E-state index contributed by atoms with van der Waals surface area (Å²) in [5.74, 6) is -1.78. The lowest BCUT2D eigenvalue weighted by molar-refractivity contribution is -0.158. The Morgan fingerprint density at radius 3 is 2.32 bits per heavy atom. The van der Waals surface area contributed by atoms with Gasteiger partial charge in [0.05, 0.1) is 4.99 Å². The summed E-state index contributed by atoms with van der Waals surface area (Å²) in [6.45, 7) is 0.164. The van der Waals surface area contributed by atoms with Gasteiger partial charge >= 0.3 is 6.18 Å². The van der Waals surface area contributed by atoms with Crippen molar-refractivity contribution >= 4 is 33.1 Å². The van der Waals surface area contributed by atoms with Crippen molar-refractivity contribution in [1.82, 2.24) is 4.90 Å². The number of hydrogen-bond donors (Lipinski definition) is 1. The molecule has 1 unspecified atom stereocenters. The summed E-state index contributed by atoms with van der Waals surface area (Å²) in [6.07, 6.45) is -4.40. The van der Waals surface area contributed by atoms with Crippen LogP contribution < -0.4 is 5.73 Å². The van der Waals surface area contributed by atoms with Crippen molar-refractivity contribution in [3.8, 4) is 0 Å². The van der Waals surface area contributed by atoms with E-state index in [1.807, 2.05) is 24.3 Å². The maximum atomic E-state index is 12.7. The molecule has 0 radical (unpaired) electrons. The van der Waals surface area contributed by atoms with Crippen molar-refractivity contribution in [1.29, 1.82) is 0 Å². The fourth-order valence-electron chi connectivity index (χ4n) is 1.63. The molecule has 1 rings (SSSR count). The molecule has 0 aromatic heterocycles. The second-order valence-electron chi connectivity index (χ2n) is 4.32. The quantitative estimate of drug-likeness (QED) is 0.822. The molecule has 2 nitrogen and oxygen atoms in total. The molecule has 0 fully saturated rings. The topological polar surface area (TPSA) is 29.3 Å². The summed E-state index contributed by atoms with van der Waals surface area (Å²) in [5.41, 5.74) is 6.09. The minimum absolute atomic E-state index is 0.241. The van der Waals surface area contributed by atoms with E-state index >= 15 is 0 Å². The summed E-state index contributed by atoms with van der Waals surface area (Å²) in [4.78, 5) is 1.04. The predicted octanol–water partition coefficient (Wildman–Crippen LogP) is 3.35. The van der Waals surface area contributed by atoms with E-state index in [-0.39, 0.29) is 6.54 Å². The second-order valence-corrected chi connectivity index (χ2v) is 5.71.